The zero-order valence-corrected chi connectivity index (χ0v) is 10.8. The number of nitrogens with two attached hydrogens (primary N) is 1. The molecule has 1 unspecified atom stereocenters. The molecule has 98 valence electrons. The molecule has 0 saturated carbocycles. The van der Waals surface area contributed by atoms with Crippen molar-refractivity contribution in [2.24, 2.45) is 0 Å². The second-order valence-electron chi connectivity index (χ2n) is 4.93. The van der Waals surface area contributed by atoms with Crippen molar-refractivity contribution < 1.29 is 9.90 Å². The van der Waals surface area contributed by atoms with E-state index >= 15 is 0 Å². The third-order valence-electron chi connectivity index (χ3n) is 3.45. The number of likely N-dealkylation sites (tertiary alicyclic amines) is 1. The van der Waals surface area contributed by atoms with E-state index in [0.29, 0.717) is 23.8 Å². The van der Waals surface area contributed by atoms with Gasteiger partial charge in [-0.15, -0.1) is 0 Å². The third kappa shape index (κ3) is 2.41. The molecule has 3 N–H and O–H groups in total. The molecule has 1 amide bonds. The Kier molecular flexibility index (Phi) is 3.43. The second kappa shape index (κ2) is 4.86. The van der Waals surface area contributed by atoms with Crippen LogP contribution < -0.4 is 5.73 Å². The largest absolute Gasteiger partial charge is 0.508 e. The number of rotatable bonds is 2. The predicted octanol–water partition coefficient (Wildman–Crippen LogP) is 0.751. The van der Waals surface area contributed by atoms with Gasteiger partial charge in [0.25, 0.3) is 5.91 Å². The summed E-state index contributed by atoms with van der Waals surface area (Å²) in [7, 11) is 4.03. The number of phenols is 1. The summed E-state index contributed by atoms with van der Waals surface area (Å²) in [5.41, 5.74) is 6.58. The summed E-state index contributed by atoms with van der Waals surface area (Å²) in [6.45, 7) is 1.44. The monoisotopic (exact) mass is 249 g/mol. The molecule has 1 aliphatic rings. The van der Waals surface area contributed by atoms with Gasteiger partial charge in [0.1, 0.15) is 5.75 Å². The standard InChI is InChI=1S/C13H19N3O2/c1-15(2)9-5-6-16(8-9)13(18)11-7-10(17)3-4-12(11)14/h3-4,7,9,17H,5-6,8,14H2,1-2H3. The molecule has 0 radical (unpaired) electrons. The quantitative estimate of drug-likeness (QED) is 0.599. The fourth-order valence-electron chi connectivity index (χ4n) is 2.25. The lowest BCUT2D eigenvalue weighted by Gasteiger charge is -2.21. The fourth-order valence-corrected chi connectivity index (χ4v) is 2.25. The molecule has 1 atom stereocenters. The number of aromatic hydroxyl groups is 1. The average molecular weight is 249 g/mol. The lowest BCUT2D eigenvalue weighted by Crippen LogP contribution is -2.34. The van der Waals surface area contributed by atoms with Crippen molar-refractivity contribution in [2.45, 2.75) is 12.5 Å². The van der Waals surface area contributed by atoms with Crippen molar-refractivity contribution in [3.63, 3.8) is 0 Å². The Morgan fingerprint density at radius 2 is 2.22 bits per heavy atom. The molecule has 2 rings (SSSR count). The van der Waals surface area contributed by atoms with Gasteiger partial charge >= 0.3 is 0 Å². The minimum atomic E-state index is -0.104. The number of carbonyl (C=O) groups is 1. The zero-order chi connectivity index (χ0) is 13.3. The minimum absolute atomic E-state index is 0.0657. The smallest absolute Gasteiger partial charge is 0.256 e. The SMILES string of the molecule is CN(C)C1CCN(C(=O)c2cc(O)ccc2N)C1. The average Bonchev–Trinajstić information content (AvgIpc) is 2.81. The fraction of sp³-hybridized carbons (Fsp3) is 0.462. The number of nitrogen functional groups attached to an aromatic ring is 1. The molecule has 1 fully saturated rings. The van der Waals surface area contributed by atoms with Crippen molar-refractivity contribution >= 4 is 11.6 Å². The predicted molar refractivity (Wildman–Crippen MR) is 70.5 cm³/mol. The molecule has 5 heteroatoms. The molecule has 1 aromatic rings. The van der Waals surface area contributed by atoms with Crippen LogP contribution in [0.5, 0.6) is 5.75 Å². The van der Waals surface area contributed by atoms with E-state index in [4.69, 9.17) is 5.73 Å². The Bertz CT molecular complexity index is 460. The Hall–Kier alpha value is -1.75. The number of anilines is 1. The van der Waals surface area contributed by atoms with Crippen LogP contribution in [0.15, 0.2) is 18.2 Å². The molecular formula is C13H19N3O2. The van der Waals surface area contributed by atoms with Gasteiger partial charge in [0.15, 0.2) is 0 Å². The van der Waals surface area contributed by atoms with Crippen molar-refractivity contribution in [1.82, 2.24) is 9.80 Å². The Morgan fingerprint density at radius 1 is 1.50 bits per heavy atom. The molecule has 1 saturated heterocycles. The highest BCUT2D eigenvalue weighted by Crippen LogP contribution is 2.23. The number of amides is 1. The van der Waals surface area contributed by atoms with E-state index in [9.17, 15) is 9.90 Å². The molecule has 0 aromatic heterocycles. The summed E-state index contributed by atoms with van der Waals surface area (Å²) in [4.78, 5) is 16.2. The molecule has 0 aliphatic carbocycles. The van der Waals surface area contributed by atoms with Crippen LogP contribution in [0.4, 0.5) is 5.69 Å². The van der Waals surface area contributed by atoms with Crippen LogP contribution in [0.25, 0.3) is 0 Å². The first-order chi connectivity index (χ1) is 8.49. The molecule has 0 bridgehead atoms. The number of likely N-dealkylation sites (N-methyl/N-ethyl adjacent to an activating group) is 1. The number of benzene rings is 1. The van der Waals surface area contributed by atoms with Gasteiger partial charge < -0.3 is 20.6 Å². The van der Waals surface area contributed by atoms with E-state index in [1.54, 1.807) is 11.0 Å². The summed E-state index contributed by atoms with van der Waals surface area (Å²) in [5.74, 6) is -0.0383. The van der Waals surface area contributed by atoms with Crippen molar-refractivity contribution in [3.8, 4) is 5.75 Å². The summed E-state index contributed by atoms with van der Waals surface area (Å²) in [6, 6.07) is 4.87. The first kappa shape index (κ1) is 12.7. The van der Waals surface area contributed by atoms with Gasteiger partial charge in [-0.25, -0.2) is 0 Å². The molecule has 0 spiro atoms. The molecule has 1 aliphatic heterocycles. The van der Waals surface area contributed by atoms with Crippen LogP contribution in [-0.2, 0) is 0 Å². The number of nitrogens with zero attached hydrogens (tertiary/aromatic N) is 2. The van der Waals surface area contributed by atoms with Gasteiger partial charge in [-0.3, -0.25) is 4.79 Å². The van der Waals surface area contributed by atoms with E-state index in [-0.39, 0.29) is 11.7 Å². The van der Waals surface area contributed by atoms with Crippen LogP contribution in [0.3, 0.4) is 0 Å². The van der Waals surface area contributed by atoms with Crippen LogP contribution in [-0.4, -0.2) is 54.0 Å². The van der Waals surface area contributed by atoms with Crippen molar-refractivity contribution in [2.75, 3.05) is 32.9 Å². The second-order valence-corrected chi connectivity index (χ2v) is 4.93. The first-order valence-electron chi connectivity index (χ1n) is 6.03. The van der Waals surface area contributed by atoms with E-state index in [2.05, 4.69) is 4.90 Å². The van der Waals surface area contributed by atoms with Gasteiger partial charge in [0.05, 0.1) is 5.56 Å². The van der Waals surface area contributed by atoms with Gasteiger partial charge in [-0.1, -0.05) is 0 Å². The maximum atomic E-state index is 12.3. The summed E-state index contributed by atoms with van der Waals surface area (Å²) < 4.78 is 0. The lowest BCUT2D eigenvalue weighted by molar-refractivity contribution is 0.0783. The number of phenolic OH excluding ortho intramolecular Hbond substituents is 1. The van der Waals surface area contributed by atoms with E-state index < -0.39 is 0 Å². The molecule has 18 heavy (non-hydrogen) atoms. The molecular weight excluding hydrogens is 230 g/mol. The highest BCUT2D eigenvalue weighted by Gasteiger charge is 2.28. The van der Waals surface area contributed by atoms with Gasteiger partial charge in [0, 0.05) is 24.8 Å². The summed E-state index contributed by atoms with van der Waals surface area (Å²) in [5, 5.41) is 9.43. The molecule has 1 heterocycles. The van der Waals surface area contributed by atoms with Gasteiger partial charge in [-0.2, -0.15) is 0 Å². The topological polar surface area (TPSA) is 69.8 Å². The van der Waals surface area contributed by atoms with Crippen LogP contribution in [0.1, 0.15) is 16.8 Å². The highest BCUT2D eigenvalue weighted by atomic mass is 16.3. The maximum Gasteiger partial charge on any atom is 0.256 e. The van der Waals surface area contributed by atoms with Crippen LogP contribution >= 0.6 is 0 Å². The third-order valence-corrected chi connectivity index (χ3v) is 3.45. The first-order valence-corrected chi connectivity index (χ1v) is 6.03. The van der Waals surface area contributed by atoms with E-state index in [1.807, 2.05) is 14.1 Å². The lowest BCUT2D eigenvalue weighted by atomic mass is 10.1. The minimum Gasteiger partial charge on any atom is -0.508 e. The zero-order valence-electron chi connectivity index (χ0n) is 10.8. The van der Waals surface area contributed by atoms with Crippen LogP contribution in [0, 0.1) is 0 Å². The van der Waals surface area contributed by atoms with Crippen molar-refractivity contribution in [1.29, 1.82) is 0 Å². The van der Waals surface area contributed by atoms with Gasteiger partial charge in [-0.05, 0) is 38.7 Å². The van der Waals surface area contributed by atoms with E-state index in [0.717, 1.165) is 13.0 Å². The number of carbonyl (C=O) groups excluding carboxylic acids is 1. The number of hydrogen-bond donors (Lipinski definition) is 2. The number of hydrogen-bond acceptors (Lipinski definition) is 4. The Labute approximate surface area is 107 Å². The van der Waals surface area contributed by atoms with Crippen LogP contribution in [0.2, 0.25) is 0 Å². The Morgan fingerprint density at radius 3 is 2.83 bits per heavy atom. The normalized spacial score (nSPS) is 19.5. The van der Waals surface area contributed by atoms with E-state index in [1.165, 1.54) is 12.1 Å². The van der Waals surface area contributed by atoms with Crippen molar-refractivity contribution in [3.05, 3.63) is 23.8 Å². The maximum absolute atomic E-state index is 12.3. The molecule has 5 nitrogen and oxygen atoms in total. The van der Waals surface area contributed by atoms with Gasteiger partial charge in [0.2, 0.25) is 0 Å². The summed E-state index contributed by atoms with van der Waals surface area (Å²) >= 11 is 0. The molecule has 1 aromatic carbocycles. The highest BCUT2D eigenvalue weighted by molar-refractivity contribution is 5.99. The Balaban J connectivity index is 2.15. The summed E-state index contributed by atoms with van der Waals surface area (Å²) in [6.07, 6.45) is 0.970.